The zero-order chi connectivity index (χ0) is 15.5. The number of nitrogens with zero attached hydrogens (tertiary/aromatic N) is 2. The van der Waals surface area contributed by atoms with E-state index in [-0.39, 0.29) is 0 Å². The van der Waals surface area contributed by atoms with Crippen molar-refractivity contribution in [2.24, 2.45) is 0 Å². The van der Waals surface area contributed by atoms with Crippen LogP contribution in [-0.4, -0.2) is 23.4 Å². The predicted molar refractivity (Wildman–Crippen MR) is 75.1 cm³/mol. The second-order valence-electron chi connectivity index (χ2n) is 5.10. The number of benzene rings is 1. The SMILES string of the molecule is CNCC(C)c1ccc(Cn2ccc(C(F)(F)F)n2)cc1. The normalized spacial score (nSPS) is 13.4. The lowest BCUT2D eigenvalue weighted by atomic mass is 10.00. The molecule has 3 nitrogen and oxygen atoms in total. The summed E-state index contributed by atoms with van der Waals surface area (Å²) in [6.45, 7) is 3.33. The molecule has 0 aliphatic heterocycles. The third kappa shape index (κ3) is 4.07. The Balaban J connectivity index is 2.05. The van der Waals surface area contributed by atoms with Crippen LogP contribution in [0.2, 0.25) is 0 Å². The third-order valence-corrected chi connectivity index (χ3v) is 3.33. The Bertz CT molecular complexity index is 573. The Labute approximate surface area is 121 Å². The lowest BCUT2D eigenvalue weighted by molar-refractivity contribution is -0.141. The Kier molecular flexibility index (Phi) is 4.67. The van der Waals surface area contributed by atoms with E-state index in [1.165, 1.54) is 16.4 Å². The second kappa shape index (κ2) is 6.30. The van der Waals surface area contributed by atoms with Gasteiger partial charge in [-0.1, -0.05) is 31.2 Å². The fraction of sp³-hybridized carbons (Fsp3) is 0.400. The van der Waals surface area contributed by atoms with Crippen molar-refractivity contribution >= 4 is 0 Å². The molecular formula is C15H18F3N3. The summed E-state index contributed by atoms with van der Waals surface area (Å²) in [5.74, 6) is 0.394. The predicted octanol–water partition coefficient (Wildman–Crippen LogP) is 3.27. The smallest absolute Gasteiger partial charge is 0.319 e. The number of alkyl halides is 3. The van der Waals surface area contributed by atoms with Crippen molar-refractivity contribution in [1.82, 2.24) is 15.1 Å². The molecule has 0 aliphatic rings. The molecule has 114 valence electrons. The van der Waals surface area contributed by atoms with Crippen molar-refractivity contribution in [3.05, 3.63) is 53.3 Å². The van der Waals surface area contributed by atoms with E-state index in [0.717, 1.165) is 18.2 Å². The van der Waals surface area contributed by atoms with E-state index in [4.69, 9.17) is 0 Å². The summed E-state index contributed by atoms with van der Waals surface area (Å²) < 4.78 is 38.7. The molecule has 1 heterocycles. The van der Waals surface area contributed by atoms with Crippen LogP contribution in [0.1, 0.15) is 29.7 Å². The highest BCUT2D eigenvalue weighted by molar-refractivity contribution is 5.25. The molecule has 0 spiro atoms. The highest BCUT2D eigenvalue weighted by Crippen LogP contribution is 2.27. The van der Waals surface area contributed by atoms with Gasteiger partial charge >= 0.3 is 6.18 Å². The summed E-state index contributed by atoms with van der Waals surface area (Å²) in [4.78, 5) is 0. The lowest BCUT2D eigenvalue weighted by Gasteiger charge is -2.11. The van der Waals surface area contributed by atoms with Gasteiger partial charge in [-0.3, -0.25) is 4.68 Å². The zero-order valence-corrected chi connectivity index (χ0v) is 12.0. The van der Waals surface area contributed by atoms with Gasteiger partial charge in [0.15, 0.2) is 5.69 Å². The summed E-state index contributed by atoms with van der Waals surface area (Å²) in [6, 6.07) is 8.85. The molecule has 1 N–H and O–H groups in total. The van der Waals surface area contributed by atoms with Gasteiger partial charge in [0, 0.05) is 12.7 Å². The van der Waals surface area contributed by atoms with Crippen molar-refractivity contribution in [3.8, 4) is 0 Å². The van der Waals surface area contributed by atoms with Crippen LogP contribution in [0.15, 0.2) is 36.5 Å². The number of halogens is 3. The third-order valence-electron chi connectivity index (χ3n) is 3.33. The molecule has 0 amide bonds. The van der Waals surface area contributed by atoms with Gasteiger partial charge in [0.25, 0.3) is 0 Å². The van der Waals surface area contributed by atoms with Gasteiger partial charge in [-0.05, 0) is 30.2 Å². The molecule has 0 saturated carbocycles. The Morgan fingerprint density at radius 2 is 1.86 bits per heavy atom. The van der Waals surface area contributed by atoms with Gasteiger partial charge < -0.3 is 5.32 Å². The highest BCUT2D eigenvalue weighted by Gasteiger charge is 2.33. The fourth-order valence-corrected chi connectivity index (χ4v) is 2.16. The van der Waals surface area contributed by atoms with Gasteiger partial charge in [-0.25, -0.2) is 0 Å². The quantitative estimate of drug-likeness (QED) is 0.918. The molecule has 0 aliphatic carbocycles. The van der Waals surface area contributed by atoms with E-state index in [1.807, 2.05) is 31.3 Å². The number of likely N-dealkylation sites (N-methyl/N-ethyl adjacent to an activating group) is 1. The van der Waals surface area contributed by atoms with Crippen LogP contribution in [0.3, 0.4) is 0 Å². The number of rotatable bonds is 5. The highest BCUT2D eigenvalue weighted by atomic mass is 19.4. The molecule has 1 aromatic heterocycles. The maximum Gasteiger partial charge on any atom is 0.435 e. The van der Waals surface area contributed by atoms with Crippen LogP contribution >= 0.6 is 0 Å². The van der Waals surface area contributed by atoms with Crippen molar-refractivity contribution in [3.63, 3.8) is 0 Å². The van der Waals surface area contributed by atoms with Crippen LogP contribution in [0.4, 0.5) is 13.2 Å². The minimum Gasteiger partial charge on any atom is -0.319 e. The van der Waals surface area contributed by atoms with E-state index in [1.54, 1.807) is 0 Å². The van der Waals surface area contributed by atoms with Crippen LogP contribution in [0.5, 0.6) is 0 Å². The molecule has 0 fully saturated rings. The van der Waals surface area contributed by atoms with E-state index in [2.05, 4.69) is 17.3 Å². The first-order valence-corrected chi connectivity index (χ1v) is 6.74. The molecule has 1 unspecified atom stereocenters. The first-order chi connectivity index (χ1) is 9.90. The zero-order valence-electron chi connectivity index (χ0n) is 12.0. The number of nitrogens with one attached hydrogen (secondary N) is 1. The van der Waals surface area contributed by atoms with Gasteiger partial charge in [0.2, 0.25) is 0 Å². The first-order valence-electron chi connectivity index (χ1n) is 6.74. The Hall–Kier alpha value is -1.82. The minimum atomic E-state index is -4.39. The number of hydrogen-bond acceptors (Lipinski definition) is 2. The molecule has 6 heteroatoms. The molecule has 21 heavy (non-hydrogen) atoms. The van der Waals surface area contributed by atoms with Crippen LogP contribution in [-0.2, 0) is 12.7 Å². The molecule has 2 aromatic rings. The van der Waals surface area contributed by atoms with Crippen molar-refractivity contribution in [2.45, 2.75) is 25.6 Å². The molecular weight excluding hydrogens is 279 g/mol. The first kappa shape index (κ1) is 15.6. The molecule has 1 atom stereocenters. The molecule has 0 bridgehead atoms. The van der Waals surface area contributed by atoms with E-state index in [0.29, 0.717) is 12.5 Å². The van der Waals surface area contributed by atoms with Crippen LogP contribution in [0.25, 0.3) is 0 Å². The molecule has 2 rings (SSSR count). The minimum absolute atomic E-state index is 0.330. The summed E-state index contributed by atoms with van der Waals surface area (Å²) in [5, 5.41) is 6.66. The molecule has 0 radical (unpaired) electrons. The summed E-state index contributed by atoms with van der Waals surface area (Å²) >= 11 is 0. The van der Waals surface area contributed by atoms with E-state index < -0.39 is 11.9 Å². The average Bonchev–Trinajstić information content (AvgIpc) is 2.88. The monoisotopic (exact) mass is 297 g/mol. The van der Waals surface area contributed by atoms with Crippen LogP contribution < -0.4 is 5.32 Å². The molecule has 0 saturated heterocycles. The molecule has 1 aromatic carbocycles. The largest absolute Gasteiger partial charge is 0.435 e. The fourth-order valence-electron chi connectivity index (χ4n) is 2.16. The summed E-state index contributed by atoms with van der Waals surface area (Å²) in [5.41, 5.74) is 1.26. The Morgan fingerprint density at radius 1 is 1.19 bits per heavy atom. The Morgan fingerprint density at radius 3 is 2.38 bits per heavy atom. The maximum atomic E-state index is 12.5. The standard InChI is InChI=1S/C15H18F3N3/c1-11(9-19-2)13-5-3-12(4-6-13)10-21-8-7-14(20-21)15(16,17)18/h3-8,11,19H,9-10H2,1-2H3. The van der Waals surface area contributed by atoms with Gasteiger partial charge in [0.1, 0.15) is 0 Å². The topological polar surface area (TPSA) is 29.9 Å². The van der Waals surface area contributed by atoms with Crippen LogP contribution in [0, 0.1) is 0 Å². The second-order valence-corrected chi connectivity index (χ2v) is 5.10. The maximum absolute atomic E-state index is 12.5. The van der Waals surface area contributed by atoms with Crippen molar-refractivity contribution in [2.75, 3.05) is 13.6 Å². The number of aromatic nitrogens is 2. The summed E-state index contributed by atoms with van der Waals surface area (Å²) in [7, 11) is 1.90. The van der Waals surface area contributed by atoms with E-state index in [9.17, 15) is 13.2 Å². The van der Waals surface area contributed by atoms with E-state index >= 15 is 0 Å². The van der Waals surface area contributed by atoms with Crippen molar-refractivity contribution in [1.29, 1.82) is 0 Å². The lowest BCUT2D eigenvalue weighted by Crippen LogP contribution is -2.14. The van der Waals surface area contributed by atoms with Gasteiger partial charge in [0.05, 0.1) is 6.54 Å². The summed E-state index contributed by atoms with van der Waals surface area (Å²) in [6.07, 6.45) is -3.04. The van der Waals surface area contributed by atoms with Crippen molar-refractivity contribution < 1.29 is 13.2 Å². The van der Waals surface area contributed by atoms with Gasteiger partial charge in [-0.15, -0.1) is 0 Å². The van der Waals surface area contributed by atoms with Gasteiger partial charge in [-0.2, -0.15) is 18.3 Å². The number of hydrogen-bond donors (Lipinski definition) is 1. The average molecular weight is 297 g/mol.